The number of piperidine rings is 1. The molecule has 1 aromatic carbocycles. The first-order valence-electron chi connectivity index (χ1n) is 12.5. The lowest BCUT2D eigenvalue weighted by atomic mass is 10.0. The average molecular weight is 576 g/mol. The molecular formula is C27H26BrN7O3. The molecule has 2 amide bonds. The number of rotatable bonds is 6. The molecule has 194 valence electrons. The minimum atomic E-state index is -0.825. The molecule has 2 fully saturated rings. The van der Waals surface area contributed by atoms with Crippen molar-refractivity contribution in [1.29, 1.82) is 0 Å². The molecule has 1 saturated carbocycles. The Morgan fingerprint density at radius 2 is 1.95 bits per heavy atom. The fourth-order valence-corrected chi connectivity index (χ4v) is 5.64. The van der Waals surface area contributed by atoms with Crippen molar-refractivity contribution in [3.63, 3.8) is 0 Å². The van der Waals surface area contributed by atoms with Crippen molar-refractivity contribution in [1.82, 2.24) is 29.6 Å². The Morgan fingerprint density at radius 3 is 2.68 bits per heavy atom. The molecule has 0 bridgehead atoms. The number of likely N-dealkylation sites (tertiary alicyclic amines) is 1. The van der Waals surface area contributed by atoms with Crippen molar-refractivity contribution < 1.29 is 14.7 Å². The summed E-state index contributed by atoms with van der Waals surface area (Å²) in [5, 5.41) is 18.7. The van der Waals surface area contributed by atoms with Gasteiger partial charge in [-0.05, 0) is 78.4 Å². The van der Waals surface area contributed by atoms with Gasteiger partial charge in [0, 0.05) is 29.4 Å². The van der Waals surface area contributed by atoms with Crippen molar-refractivity contribution in [3.05, 3.63) is 64.9 Å². The van der Waals surface area contributed by atoms with E-state index in [9.17, 15) is 14.7 Å². The SMILES string of the molecule is Cc1ncc(-c2ccc3c(c2)c(C(C)O)nn3CC(=O)N2C3C[C@@H]3C[C@H]2C(=O)Nc2cccc(Br)n2)cn1. The van der Waals surface area contributed by atoms with Gasteiger partial charge < -0.3 is 15.3 Å². The summed E-state index contributed by atoms with van der Waals surface area (Å²) >= 11 is 3.32. The van der Waals surface area contributed by atoms with E-state index in [1.54, 1.807) is 47.1 Å². The number of nitrogens with one attached hydrogen (secondary N) is 1. The average Bonchev–Trinajstić information content (AvgIpc) is 3.39. The molecule has 0 spiro atoms. The molecule has 3 aromatic heterocycles. The predicted molar refractivity (Wildman–Crippen MR) is 144 cm³/mol. The van der Waals surface area contributed by atoms with E-state index in [-0.39, 0.29) is 24.4 Å². The number of aryl methyl sites for hydroxylation is 1. The maximum absolute atomic E-state index is 13.6. The van der Waals surface area contributed by atoms with Gasteiger partial charge in [-0.2, -0.15) is 5.10 Å². The van der Waals surface area contributed by atoms with Crippen LogP contribution in [0.3, 0.4) is 0 Å². The third-order valence-electron chi connectivity index (χ3n) is 7.24. The standard InChI is InChI=1S/C27H26BrN7O3/c1-14(36)26-19-8-16(18-11-29-15(2)30-12-18)6-7-20(19)34(33-26)13-25(37)35-21-9-17(21)10-22(35)27(38)32-24-5-3-4-23(28)31-24/h3-8,11-12,14,17,21-22,36H,9-10,13H2,1-2H3,(H,31,32,38)/t14?,17-,21?,22+/m1/s1. The highest BCUT2D eigenvalue weighted by atomic mass is 79.9. The number of anilines is 1. The summed E-state index contributed by atoms with van der Waals surface area (Å²) in [6, 6.07) is 10.6. The van der Waals surface area contributed by atoms with E-state index in [4.69, 9.17) is 0 Å². The highest BCUT2D eigenvalue weighted by Crippen LogP contribution is 2.48. The van der Waals surface area contributed by atoms with Crippen LogP contribution in [0.1, 0.15) is 37.4 Å². The second-order valence-electron chi connectivity index (χ2n) is 9.92. The van der Waals surface area contributed by atoms with Crippen molar-refractivity contribution in [2.24, 2.45) is 5.92 Å². The van der Waals surface area contributed by atoms with Gasteiger partial charge in [0.25, 0.3) is 0 Å². The van der Waals surface area contributed by atoms with Gasteiger partial charge >= 0.3 is 0 Å². The van der Waals surface area contributed by atoms with Crippen LogP contribution in [0.25, 0.3) is 22.0 Å². The van der Waals surface area contributed by atoms with Crippen molar-refractivity contribution in [2.75, 3.05) is 5.32 Å². The second kappa shape index (κ2) is 9.55. The molecule has 1 aliphatic heterocycles. The van der Waals surface area contributed by atoms with E-state index in [2.05, 4.69) is 41.3 Å². The largest absolute Gasteiger partial charge is 0.387 e. The Kier molecular flexibility index (Phi) is 6.19. The summed E-state index contributed by atoms with van der Waals surface area (Å²) in [6.45, 7) is 3.45. The summed E-state index contributed by atoms with van der Waals surface area (Å²) in [5.41, 5.74) is 2.97. The van der Waals surface area contributed by atoms with Gasteiger partial charge in [0.15, 0.2) is 0 Å². The zero-order valence-electron chi connectivity index (χ0n) is 20.9. The van der Waals surface area contributed by atoms with Gasteiger partial charge in [0.2, 0.25) is 11.8 Å². The van der Waals surface area contributed by atoms with Gasteiger partial charge in [0.05, 0.1) is 17.3 Å². The maximum Gasteiger partial charge on any atom is 0.248 e. The number of benzene rings is 1. The van der Waals surface area contributed by atoms with Crippen molar-refractivity contribution in [3.8, 4) is 11.1 Å². The first-order chi connectivity index (χ1) is 18.3. The highest BCUT2D eigenvalue weighted by molar-refractivity contribution is 9.10. The Labute approximate surface area is 227 Å². The normalized spacial score (nSPS) is 20.8. The molecule has 4 atom stereocenters. The van der Waals surface area contributed by atoms with E-state index in [0.29, 0.717) is 34.3 Å². The maximum atomic E-state index is 13.6. The van der Waals surface area contributed by atoms with E-state index in [1.165, 1.54) is 0 Å². The fraction of sp³-hybridized carbons (Fsp3) is 0.333. The molecule has 1 saturated heterocycles. The molecule has 4 heterocycles. The van der Waals surface area contributed by atoms with Crippen LogP contribution in [0.2, 0.25) is 0 Å². The molecule has 2 unspecified atom stereocenters. The predicted octanol–water partition coefficient (Wildman–Crippen LogP) is 3.64. The number of pyridine rings is 1. The van der Waals surface area contributed by atoms with Crippen LogP contribution in [0.15, 0.2) is 53.4 Å². The number of fused-ring (bicyclic) bond motifs is 2. The summed E-state index contributed by atoms with van der Waals surface area (Å²) in [6.07, 6.45) is 4.23. The lowest BCUT2D eigenvalue weighted by molar-refractivity contribution is -0.138. The van der Waals surface area contributed by atoms with Crippen molar-refractivity contribution in [2.45, 2.75) is 51.4 Å². The summed E-state index contributed by atoms with van der Waals surface area (Å²) in [5.74, 6) is 1.05. The number of carbonyl (C=O) groups excluding carboxylic acids is 2. The van der Waals surface area contributed by atoms with Crippen LogP contribution in [-0.4, -0.2) is 58.6 Å². The topological polar surface area (TPSA) is 126 Å². The minimum Gasteiger partial charge on any atom is -0.387 e. The van der Waals surface area contributed by atoms with E-state index in [0.717, 1.165) is 28.5 Å². The van der Waals surface area contributed by atoms with Gasteiger partial charge in [-0.1, -0.05) is 12.1 Å². The number of hydrogen-bond acceptors (Lipinski definition) is 7. The molecule has 2 N–H and O–H groups in total. The number of carbonyl (C=O) groups is 2. The van der Waals surface area contributed by atoms with Gasteiger partial charge in [-0.15, -0.1) is 0 Å². The second-order valence-corrected chi connectivity index (χ2v) is 10.7. The molecule has 38 heavy (non-hydrogen) atoms. The van der Waals surface area contributed by atoms with Gasteiger partial charge in [-0.25, -0.2) is 15.0 Å². The number of aliphatic hydroxyl groups is 1. The zero-order valence-corrected chi connectivity index (χ0v) is 22.5. The molecule has 0 radical (unpaired) electrons. The quantitative estimate of drug-likeness (QED) is 0.336. The van der Waals surface area contributed by atoms with Crippen LogP contribution in [0.5, 0.6) is 0 Å². The number of nitrogens with zero attached hydrogens (tertiary/aromatic N) is 6. The number of aromatic nitrogens is 5. The van der Waals surface area contributed by atoms with Crippen LogP contribution in [0.4, 0.5) is 5.82 Å². The molecule has 10 nitrogen and oxygen atoms in total. The smallest absolute Gasteiger partial charge is 0.248 e. The summed E-state index contributed by atoms with van der Waals surface area (Å²) in [4.78, 5) is 41.3. The first kappa shape index (κ1) is 24.6. The Bertz CT molecular complexity index is 1550. The van der Waals surface area contributed by atoms with E-state index in [1.807, 2.05) is 25.1 Å². The number of amides is 2. The summed E-state index contributed by atoms with van der Waals surface area (Å²) in [7, 11) is 0. The first-order valence-corrected chi connectivity index (χ1v) is 13.3. The Hall–Kier alpha value is -3.70. The van der Waals surface area contributed by atoms with Crippen LogP contribution < -0.4 is 5.32 Å². The zero-order chi connectivity index (χ0) is 26.6. The van der Waals surface area contributed by atoms with Crippen LogP contribution >= 0.6 is 15.9 Å². The Balaban J connectivity index is 1.26. The minimum absolute atomic E-state index is 0.0294. The third kappa shape index (κ3) is 4.56. The lowest BCUT2D eigenvalue weighted by Gasteiger charge is -2.26. The van der Waals surface area contributed by atoms with E-state index < -0.39 is 12.1 Å². The van der Waals surface area contributed by atoms with Gasteiger partial charge in [0.1, 0.15) is 28.8 Å². The Morgan fingerprint density at radius 1 is 1.16 bits per heavy atom. The molecular weight excluding hydrogens is 550 g/mol. The highest BCUT2D eigenvalue weighted by Gasteiger charge is 2.56. The monoisotopic (exact) mass is 575 g/mol. The molecule has 4 aromatic rings. The third-order valence-corrected chi connectivity index (χ3v) is 7.68. The van der Waals surface area contributed by atoms with Crippen LogP contribution in [0, 0.1) is 12.8 Å². The van der Waals surface area contributed by atoms with Gasteiger partial charge in [-0.3, -0.25) is 14.3 Å². The summed E-state index contributed by atoms with van der Waals surface area (Å²) < 4.78 is 2.24. The lowest BCUT2D eigenvalue weighted by Crippen LogP contribution is -2.46. The number of halogens is 1. The fourth-order valence-electron chi connectivity index (χ4n) is 5.30. The molecule has 6 rings (SSSR count). The van der Waals surface area contributed by atoms with E-state index >= 15 is 0 Å². The number of hydrogen-bond donors (Lipinski definition) is 2. The number of aliphatic hydroxyl groups excluding tert-OH is 1. The van der Waals surface area contributed by atoms with Crippen LogP contribution in [-0.2, 0) is 16.1 Å². The van der Waals surface area contributed by atoms with Crippen molar-refractivity contribution >= 4 is 44.5 Å². The molecule has 2 aliphatic rings. The molecule has 11 heteroatoms. The molecule has 1 aliphatic carbocycles.